The van der Waals surface area contributed by atoms with Crippen LogP contribution in [0.3, 0.4) is 0 Å². The molecule has 1 heterocycles. The van der Waals surface area contributed by atoms with Crippen molar-refractivity contribution in [3.8, 4) is 17.7 Å². The van der Waals surface area contributed by atoms with Crippen LogP contribution in [0.1, 0.15) is 11.1 Å². The lowest BCUT2D eigenvalue weighted by atomic mass is 10.1. The first-order valence-electron chi connectivity index (χ1n) is 8.60. The molecular weight excluding hydrogens is 372 g/mol. The van der Waals surface area contributed by atoms with Crippen molar-refractivity contribution >= 4 is 34.0 Å². The molecule has 0 radical (unpaired) electrons. The fraction of sp³-hybridized carbons (Fsp3) is 0.0455. The van der Waals surface area contributed by atoms with Crippen LogP contribution in [0.25, 0.3) is 10.8 Å². The highest BCUT2D eigenvalue weighted by molar-refractivity contribution is 6.37. The van der Waals surface area contributed by atoms with Crippen molar-refractivity contribution in [2.45, 2.75) is 6.92 Å². The summed E-state index contributed by atoms with van der Waals surface area (Å²) >= 11 is 6.53. The van der Waals surface area contributed by atoms with Crippen LogP contribution in [0.15, 0.2) is 66.9 Å². The summed E-state index contributed by atoms with van der Waals surface area (Å²) in [7, 11) is 0. The standard InChI is InChI=1S/C22H15ClN4O/c1-14-13-25-22(26-17-9-6-15(12-24)7-10-17)27-21(14)28-19-11-8-16-4-2-3-5-18(16)20(19)23/h2-11,13H,1H3,(H,25,26,27). The molecule has 0 spiro atoms. The molecule has 0 saturated heterocycles. The van der Waals surface area contributed by atoms with Gasteiger partial charge in [-0.25, -0.2) is 4.98 Å². The highest BCUT2D eigenvalue weighted by Crippen LogP contribution is 2.36. The minimum absolute atomic E-state index is 0.391. The predicted molar refractivity (Wildman–Crippen MR) is 110 cm³/mol. The van der Waals surface area contributed by atoms with Crippen LogP contribution in [-0.2, 0) is 0 Å². The van der Waals surface area contributed by atoms with Crippen molar-refractivity contribution in [2.75, 3.05) is 5.32 Å². The van der Waals surface area contributed by atoms with Crippen LogP contribution in [0, 0.1) is 18.3 Å². The van der Waals surface area contributed by atoms with Crippen LogP contribution in [-0.4, -0.2) is 9.97 Å². The van der Waals surface area contributed by atoms with Crippen molar-refractivity contribution in [1.82, 2.24) is 9.97 Å². The van der Waals surface area contributed by atoms with Gasteiger partial charge in [0, 0.05) is 22.8 Å². The van der Waals surface area contributed by atoms with Crippen molar-refractivity contribution < 1.29 is 4.74 Å². The number of aryl methyl sites for hydroxylation is 1. The van der Waals surface area contributed by atoms with E-state index in [1.54, 1.807) is 30.5 Å². The second-order valence-corrected chi connectivity index (χ2v) is 6.57. The van der Waals surface area contributed by atoms with E-state index in [9.17, 15) is 0 Å². The van der Waals surface area contributed by atoms with Gasteiger partial charge < -0.3 is 10.1 Å². The summed E-state index contributed by atoms with van der Waals surface area (Å²) in [4.78, 5) is 8.75. The van der Waals surface area contributed by atoms with Crippen LogP contribution in [0.2, 0.25) is 5.02 Å². The highest BCUT2D eigenvalue weighted by Gasteiger charge is 2.11. The quantitative estimate of drug-likeness (QED) is 0.465. The molecule has 0 unspecified atom stereocenters. The Morgan fingerprint density at radius 2 is 1.82 bits per heavy atom. The number of rotatable bonds is 4. The van der Waals surface area contributed by atoms with E-state index >= 15 is 0 Å². The molecule has 0 aliphatic heterocycles. The number of nitrogens with one attached hydrogen (secondary N) is 1. The Hall–Kier alpha value is -3.62. The summed E-state index contributed by atoms with van der Waals surface area (Å²) < 4.78 is 6.00. The predicted octanol–water partition coefficient (Wildman–Crippen LogP) is 6.00. The molecule has 5 nitrogen and oxygen atoms in total. The maximum absolute atomic E-state index is 8.89. The Bertz CT molecular complexity index is 1200. The van der Waals surface area contributed by atoms with Crippen LogP contribution >= 0.6 is 11.6 Å². The van der Waals surface area contributed by atoms with Gasteiger partial charge >= 0.3 is 0 Å². The largest absolute Gasteiger partial charge is 0.437 e. The van der Waals surface area contributed by atoms with E-state index in [0.29, 0.717) is 28.2 Å². The van der Waals surface area contributed by atoms with E-state index in [1.807, 2.05) is 43.3 Å². The van der Waals surface area contributed by atoms with Gasteiger partial charge in [-0.2, -0.15) is 10.2 Å². The number of hydrogen-bond donors (Lipinski definition) is 1. The van der Waals surface area contributed by atoms with Crippen LogP contribution in [0.4, 0.5) is 11.6 Å². The van der Waals surface area contributed by atoms with Crippen LogP contribution in [0.5, 0.6) is 11.6 Å². The third-order valence-corrected chi connectivity index (χ3v) is 4.62. The number of nitriles is 1. The highest BCUT2D eigenvalue weighted by atomic mass is 35.5. The zero-order chi connectivity index (χ0) is 19.5. The molecule has 0 atom stereocenters. The van der Waals surface area contributed by atoms with E-state index in [-0.39, 0.29) is 0 Å². The summed E-state index contributed by atoms with van der Waals surface area (Å²) in [5.74, 6) is 1.34. The van der Waals surface area contributed by atoms with Crippen LogP contribution < -0.4 is 10.1 Å². The van der Waals surface area contributed by atoms with E-state index in [0.717, 1.165) is 22.0 Å². The molecule has 0 bridgehead atoms. The number of benzene rings is 3. The maximum atomic E-state index is 8.89. The molecular formula is C22H15ClN4O. The minimum atomic E-state index is 0.391. The number of aromatic nitrogens is 2. The minimum Gasteiger partial charge on any atom is -0.437 e. The number of anilines is 2. The van der Waals surface area contributed by atoms with E-state index < -0.39 is 0 Å². The van der Waals surface area contributed by atoms with Gasteiger partial charge in [0.2, 0.25) is 11.8 Å². The van der Waals surface area contributed by atoms with E-state index in [1.165, 1.54) is 0 Å². The van der Waals surface area contributed by atoms with Crippen molar-refractivity contribution in [1.29, 1.82) is 5.26 Å². The fourth-order valence-electron chi connectivity index (χ4n) is 2.74. The Balaban J connectivity index is 1.62. The zero-order valence-electron chi connectivity index (χ0n) is 15.0. The second kappa shape index (κ2) is 7.55. The monoisotopic (exact) mass is 386 g/mol. The van der Waals surface area contributed by atoms with Crippen molar-refractivity contribution in [3.05, 3.63) is 83.0 Å². The lowest BCUT2D eigenvalue weighted by Crippen LogP contribution is -2.00. The van der Waals surface area contributed by atoms with E-state index in [4.69, 9.17) is 21.6 Å². The smallest absolute Gasteiger partial charge is 0.230 e. The third-order valence-electron chi connectivity index (χ3n) is 4.23. The number of nitrogens with zero attached hydrogens (tertiary/aromatic N) is 3. The zero-order valence-corrected chi connectivity index (χ0v) is 15.7. The molecule has 0 aliphatic carbocycles. The molecule has 0 saturated carbocycles. The third kappa shape index (κ3) is 3.59. The topological polar surface area (TPSA) is 70.8 Å². The first kappa shape index (κ1) is 17.8. The van der Waals surface area contributed by atoms with Gasteiger partial charge in [0.05, 0.1) is 16.7 Å². The molecule has 1 aromatic heterocycles. The first-order valence-corrected chi connectivity index (χ1v) is 8.98. The average molecular weight is 387 g/mol. The van der Waals surface area contributed by atoms with Gasteiger partial charge in [0.1, 0.15) is 5.75 Å². The van der Waals surface area contributed by atoms with Crippen molar-refractivity contribution in [3.63, 3.8) is 0 Å². The molecule has 0 fully saturated rings. The SMILES string of the molecule is Cc1cnc(Nc2ccc(C#N)cc2)nc1Oc1ccc2ccccc2c1Cl. The number of fused-ring (bicyclic) bond motifs is 1. The second-order valence-electron chi connectivity index (χ2n) is 6.20. The summed E-state index contributed by atoms with van der Waals surface area (Å²) in [5, 5.41) is 14.5. The first-order chi connectivity index (χ1) is 13.6. The lowest BCUT2D eigenvalue weighted by Gasteiger charge is -2.12. The maximum Gasteiger partial charge on any atom is 0.230 e. The Morgan fingerprint density at radius 3 is 2.61 bits per heavy atom. The number of hydrogen-bond acceptors (Lipinski definition) is 5. The summed E-state index contributed by atoms with van der Waals surface area (Å²) in [6, 6.07) is 20.8. The summed E-state index contributed by atoms with van der Waals surface area (Å²) in [5.41, 5.74) is 2.15. The molecule has 0 aliphatic rings. The summed E-state index contributed by atoms with van der Waals surface area (Å²) in [6.07, 6.45) is 1.68. The van der Waals surface area contributed by atoms with Gasteiger partial charge in [-0.1, -0.05) is 41.9 Å². The molecule has 4 aromatic rings. The molecule has 6 heteroatoms. The normalized spacial score (nSPS) is 10.5. The molecule has 0 amide bonds. The van der Waals surface area contributed by atoms with Gasteiger partial charge in [-0.05, 0) is 42.6 Å². The Kier molecular flexibility index (Phi) is 4.79. The molecule has 28 heavy (non-hydrogen) atoms. The molecule has 1 N–H and O–H groups in total. The van der Waals surface area contributed by atoms with E-state index in [2.05, 4.69) is 21.4 Å². The fourth-order valence-corrected chi connectivity index (χ4v) is 3.02. The van der Waals surface area contributed by atoms with Gasteiger partial charge in [-0.15, -0.1) is 0 Å². The Morgan fingerprint density at radius 1 is 1.04 bits per heavy atom. The summed E-state index contributed by atoms with van der Waals surface area (Å²) in [6.45, 7) is 1.87. The molecule has 136 valence electrons. The molecule has 3 aromatic carbocycles. The average Bonchev–Trinajstić information content (AvgIpc) is 2.73. The molecule has 4 rings (SSSR count). The lowest BCUT2D eigenvalue weighted by molar-refractivity contribution is 0.459. The Labute approximate surface area is 167 Å². The van der Waals surface area contributed by atoms with Gasteiger partial charge in [0.25, 0.3) is 0 Å². The number of halogens is 1. The number of ether oxygens (including phenoxy) is 1. The van der Waals surface area contributed by atoms with Crippen molar-refractivity contribution in [2.24, 2.45) is 0 Å². The van der Waals surface area contributed by atoms with Gasteiger partial charge in [-0.3, -0.25) is 0 Å². The van der Waals surface area contributed by atoms with Gasteiger partial charge in [0.15, 0.2) is 0 Å².